The maximum atomic E-state index is 12.3. The van der Waals surface area contributed by atoms with Crippen molar-refractivity contribution in [3.63, 3.8) is 0 Å². The fourth-order valence-corrected chi connectivity index (χ4v) is 3.49. The molecule has 1 aliphatic carbocycles. The molecule has 6 nitrogen and oxygen atoms in total. The normalized spacial score (nSPS) is 22.2. The number of carbonyl (C=O) groups is 1. The van der Waals surface area contributed by atoms with Gasteiger partial charge in [-0.05, 0) is 30.9 Å². The van der Waals surface area contributed by atoms with Crippen molar-refractivity contribution in [2.75, 3.05) is 13.2 Å². The summed E-state index contributed by atoms with van der Waals surface area (Å²) in [4.78, 5) is 12.3. The van der Waals surface area contributed by atoms with Crippen LogP contribution in [0.2, 0.25) is 0 Å². The smallest absolute Gasteiger partial charge is 0.246 e. The molecular weight excluding hydrogens is 306 g/mol. The zero-order chi connectivity index (χ0) is 16.4. The molecule has 2 aromatic rings. The maximum Gasteiger partial charge on any atom is 0.246 e. The lowest BCUT2D eigenvalue weighted by Crippen LogP contribution is -2.35. The van der Waals surface area contributed by atoms with Crippen molar-refractivity contribution < 1.29 is 14.3 Å². The van der Waals surface area contributed by atoms with Crippen LogP contribution in [0.4, 0.5) is 0 Å². The Morgan fingerprint density at radius 2 is 2.29 bits per heavy atom. The Morgan fingerprint density at radius 3 is 3.25 bits per heavy atom. The molecule has 0 fully saturated rings. The molecule has 1 aromatic heterocycles. The van der Waals surface area contributed by atoms with Crippen molar-refractivity contribution >= 4 is 5.91 Å². The van der Waals surface area contributed by atoms with Gasteiger partial charge in [-0.25, -0.2) is 0 Å². The molecule has 126 valence electrons. The van der Waals surface area contributed by atoms with Crippen LogP contribution in [0.25, 0.3) is 0 Å². The van der Waals surface area contributed by atoms with Crippen molar-refractivity contribution in [1.82, 2.24) is 15.5 Å². The van der Waals surface area contributed by atoms with E-state index in [9.17, 15) is 4.79 Å². The van der Waals surface area contributed by atoms with E-state index in [4.69, 9.17) is 9.47 Å². The summed E-state index contributed by atoms with van der Waals surface area (Å²) in [5, 5.41) is 10.1. The Hall–Kier alpha value is -2.34. The minimum Gasteiger partial charge on any atom is -0.493 e. The summed E-state index contributed by atoms with van der Waals surface area (Å²) < 4.78 is 11.5. The number of aromatic amines is 1. The highest BCUT2D eigenvalue weighted by Gasteiger charge is 2.25. The molecule has 2 aliphatic rings. The molecule has 1 amide bonds. The average Bonchev–Trinajstić information content (AvgIpc) is 3.09. The lowest BCUT2D eigenvalue weighted by Gasteiger charge is -2.27. The highest BCUT2D eigenvalue weighted by molar-refractivity contribution is 5.78. The molecule has 0 spiro atoms. The number of ether oxygens (including phenoxy) is 2. The highest BCUT2D eigenvalue weighted by atomic mass is 16.5. The van der Waals surface area contributed by atoms with Gasteiger partial charge in [-0.1, -0.05) is 18.2 Å². The van der Waals surface area contributed by atoms with Gasteiger partial charge in [0, 0.05) is 12.0 Å². The quantitative estimate of drug-likeness (QED) is 0.904. The number of amides is 1. The van der Waals surface area contributed by atoms with E-state index in [0.29, 0.717) is 6.61 Å². The van der Waals surface area contributed by atoms with Crippen molar-refractivity contribution in [3.05, 3.63) is 47.3 Å². The van der Waals surface area contributed by atoms with E-state index in [0.717, 1.165) is 42.7 Å². The van der Waals surface area contributed by atoms with Crippen molar-refractivity contribution in [1.29, 1.82) is 0 Å². The van der Waals surface area contributed by atoms with E-state index in [1.54, 1.807) is 0 Å². The van der Waals surface area contributed by atoms with Gasteiger partial charge >= 0.3 is 0 Å². The Balaban J connectivity index is 1.35. The largest absolute Gasteiger partial charge is 0.493 e. The van der Waals surface area contributed by atoms with Gasteiger partial charge in [-0.2, -0.15) is 5.10 Å². The van der Waals surface area contributed by atoms with Crippen LogP contribution in [-0.4, -0.2) is 29.3 Å². The van der Waals surface area contributed by atoms with Gasteiger partial charge in [0.1, 0.15) is 12.4 Å². The van der Waals surface area contributed by atoms with Gasteiger partial charge in [0.2, 0.25) is 5.91 Å². The second-order valence-corrected chi connectivity index (χ2v) is 6.30. The predicted octanol–water partition coefficient (Wildman–Crippen LogP) is 2.44. The Morgan fingerprint density at radius 1 is 1.38 bits per heavy atom. The van der Waals surface area contributed by atoms with E-state index < -0.39 is 0 Å². The van der Waals surface area contributed by atoms with E-state index in [1.165, 1.54) is 5.56 Å². The number of benzene rings is 1. The summed E-state index contributed by atoms with van der Waals surface area (Å²) in [5.41, 5.74) is 3.25. The van der Waals surface area contributed by atoms with Crippen LogP contribution in [0.3, 0.4) is 0 Å². The summed E-state index contributed by atoms with van der Waals surface area (Å²) in [7, 11) is 0. The molecule has 2 heterocycles. The Kier molecular flexibility index (Phi) is 4.21. The number of fused-ring (bicyclic) bond motifs is 2. The molecule has 1 aliphatic heterocycles. The first-order valence-electron chi connectivity index (χ1n) is 8.46. The lowest BCUT2D eigenvalue weighted by atomic mass is 9.96. The maximum absolute atomic E-state index is 12.3. The molecule has 0 radical (unpaired) electrons. The summed E-state index contributed by atoms with van der Waals surface area (Å²) in [6, 6.07) is 7.83. The fourth-order valence-electron chi connectivity index (χ4n) is 3.49. The number of nitrogens with one attached hydrogen (secondary N) is 2. The average molecular weight is 327 g/mol. The van der Waals surface area contributed by atoms with Crippen LogP contribution in [0, 0.1) is 0 Å². The number of rotatable bonds is 4. The number of hydrogen-bond acceptors (Lipinski definition) is 4. The van der Waals surface area contributed by atoms with E-state index in [-0.39, 0.29) is 24.7 Å². The molecular formula is C18H21N3O3. The molecule has 6 heteroatoms. The van der Waals surface area contributed by atoms with Gasteiger partial charge in [-0.3, -0.25) is 9.89 Å². The second kappa shape index (κ2) is 6.65. The molecule has 0 bridgehead atoms. The zero-order valence-electron chi connectivity index (χ0n) is 13.5. The molecule has 0 saturated carbocycles. The van der Waals surface area contributed by atoms with Crippen LogP contribution in [0.15, 0.2) is 30.5 Å². The van der Waals surface area contributed by atoms with E-state index in [2.05, 4.69) is 15.5 Å². The summed E-state index contributed by atoms with van der Waals surface area (Å²) in [6.07, 6.45) is 5.57. The van der Waals surface area contributed by atoms with Crippen molar-refractivity contribution in [2.24, 2.45) is 0 Å². The molecule has 4 rings (SSSR count). The third kappa shape index (κ3) is 3.01. The minimum absolute atomic E-state index is 0.0138. The van der Waals surface area contributed by atoms with Crippen LogP contribution in [0.1, 0.15) is 48.2 Å². The first-order chi connectivity index (χ1) is 11.8. The SMILES string of the molecule is O=C(CO[C@@H]1CCCc2cn[nH]c21)N[C@H]1CCOc2ccccc21. The fraction of sp³-hybridized carbons (Fsp3) is 0.444. The molecule has 1 aromatic carbocycles. The van der Waals surface area contributed by atoms with E-state index >= 15 is 0 Å². The van der Waals surface area contributed by atoms with Crippen LogP contribution in [-0.2, 0) is 16.0 Å². The topological polar surface area (TPSA) is 76.2 Å². The van der Waals surface area contributed by atoms with Gasteiger partial charge in [0.15, 0.2) is 0 Å². The lowest BCUT2D eigenvalue weighted by molar-refractivity contribution is -0.129. The Labute approximate surface area is 140 Å². The molecule has 0 saturated heterocycles. The molecule has 0 unspecified atom stereocenters. The molecule has 2 atom stereocenters. The second-order valence-electron chi connectivity index (χ2n) is 6.30. The molecule has 2 N–H and O–H groups in total. The van der Waals surface area contributed by atoms with Gasteiger partial charge in [0.25, 0.3) is 0 Å². The summed E-state index contributed by atoms with van der Waals surface area (Å²) >= 11 is 0. The number of H-pyrrole nitrogens is 1. The van der Waals surface area contributed by atoms with Gasteiger partial charge in [-0.15, -0.1) is 0 Å². The van der Waals surface area contributed by atoms with Gasteiger partial charge in [0.05, 0.1) is 30.6 Å². The van der Waals surface area contributed by atoms with Crippen molar-refractivity contribution in [3.8, 4) is 5.75 Å². The van der Waals surface area contributed by atoms with Gasteiger partial charge < -0.3 is 14.8 Å². The molecule has 24 heavy (non-hydrogen) atoms. The first-order valence-corrected chi connectivity index (χ1v) is 8.46. The predicted molar refractivity (Wildman–Crippen MR) is 87.7 cm³/mol. The highest BCUT2D eigenvalue weighted by Crippen LogP contribution is 2.32. The number of hydrogen-bond donors (Lipinski definition) is 2. The number of carbonyl (C=O) groups excluding carboxylic acids is 1. The van der Waals surface area contributed by atoms with Crippen LogP contribution in [0.5, 0.6) is 5.75 Å². The number of aromatic nitrogens is 2. The third-order valence-electron chi connectivity index (χ3n) is 4.70. The monoisotopic (exact) mass is 327 g/mol. The standard InChI is InChI=1S/C18H21N3O3/c22-17(11-24-16-7-3-4-12-10-19-21-18(12)16)20-14-8-9-23-15-6-2-1-5-13(14)15/h1-2,5-6,10,14,16H,3-4,7-9,11H2,(H,19,21)(H,20,22)/t14-,16+/m0/s1. The minimum atomic E-state index is -0.0941. The third-order valence-corrected chi connectivity index (χ3v) is 4.70. The van der Waals surface area contributed by atoms with Crippen LogP contribution >= 0.6 is 0 Å². The number of para-hydroxylation sites is 1. The van der Waals surface area contributed by atoms with Crippen LogP contribution < -0.4 is 10.1 Å². The van der Waals surface area contributed by atoms with Crippen molar-refractivity contribution in [2.45, 2.75) is 37.8 Å². The summed E-state index contributed by atoms with van der Waals surface area (Å²) in [5.74, 6) is 0.757. The summed E-state index contributed by atoms with van der Waals surface area (Å²) in [6.45, 7) is 0.672. The number of nitrogens with zero attached hydrogens (tertiary/aromatic N) is 1. The Bertz CT molecular complexity index is 728. The first kappa shape index (κ1) is 15.2. The zero-order valence-corrected chi connectivity index (χ0v) is 13.5. The van der Waals surface area contributed by atoms with E-state index in [1.807, 2.05) is 30.5 Å². The number of aryl methyl sites for hydroxylation is 1.